The average Bonchev–Trinajstić information content (AvgIpc) is 3.35. The number of carbonyl (C=O) groups is 3. The van der Waals surface area contributed by atoms with Gasteiger partial charge in [0.2, 0.25) is 0 Å². The SMILES string of the molecule is CCCCCCC/C=C\C/C=C\CCCCCCCCCCCCCCCC(=O)OCC(COC(=O)CCCCCCCCCCCCCCC)OC(=O)CCCCCCCCCCCCCCC. The molecule has 1 unspecified atom stereocenters. The third kappa shape index (κ3) is 56.7. The van der Waals surface area contributed by atoms with Crippen molar-refractivity contribution in [1.82, 2.24) is 0 Å². The Kier molecular flexibility index (Phi) is 56.7. The summed E-state index contributed by atoms with van der Waals surface area (Å²) in [5.41, 5.74) is 0. The highest BCUT2D eigenvalue weighted by Crippen LogP contribution is 2.17. The van der Waals surface area contributed by atoms with E-state index in [1.807, 2.05) is 0 Å². The second kappa shape index (κ2) is 58.5. The van der Waals surface area contributed by atoms with E-state index in [0.717, 1.165) is 64.2 Å². The number of unbranched alkanes of at least 4 members (excludes halogenated alkanes) is 42. The molecule has 0 saturated carbocycles. The van der Waals surface area contributed by atoms with E-state index in [1.165, 1.54) is 238 Å². The van der Waals surface area contributed by atoms with Crippen molar-refractivity contribution >= 4 is 17.9 Å². The number of hydrogen-bond donors (Lipinski definition) is 0. The Balaban J connectivity index is 4.20. The van der Waals surface area contributed by atoms with Crippen molar-refractivity contribution in [2.24, 2.45) is 0 Å². The summed E-state index contributed by atoms with van der Waals surface area (Å²) in [4.78, 5) is 38.2. The summed E-state index contributed by atoms with van der Waals surface area (Å²) in [6, 6.07) is 0. The summed E-state index contributed by atoms with van der Waals surface area (Å²) in [6.07, 6.45) is 68.9. The van der Waals surface area contributed by atoms with E-state index in [0.29, 0.717) is 19.3 Å². The number of esters is 3. The van der Waals surface area contributed by atoms with Gasteiger partial charge in [-0.25, -0.2) is 0 Å². The van der Waals surface area contributed by atoms with Gasteiger partial charge in [-0.05, 0) is 51.4 Å². The van der Waals surface area contributed by atoms with Gasteiger partial charge < -0.3 is 14.2 Å². The molecule has 0 fully saturated rings. The van der Waals surface area contributed by atoms with Crippen molar-refractivity contribution in [3.8, 4) is 0 Å². The van der Waals surface area contributed by atoms with Gasteiger partial charge in [-0.2, -0.15) is 0 Å². The normalized spacial score (nSPS) is 12.1. The van der Waals surface area contributed by atoms with Crippen molar-refractivity contribution in [2.45, 2.75) is 348 Å². The summed E-state index contributed by atoms with van der Waals surface area (Å²) < 4.78 is 16.9. The molecule has 0 rings (SSSR count). The summed E-state index contributed by atoms with van der Waals surface area (Å²) in [7, 11) is 0. The second-order valence-corrected chi connectivity index (χ2v) is 21.0. The predicted molar refractivity (Wildman–Crippen MR) is 298 cm³/mol. The molecule has 0 saturated heterocycles. The second-order valence-electron chi connectivity index (χ2n) is 21.0. The van der Waals surface area contributed by atoms with Crippen LogP contribution in [-0.2, 0) is 28.6 Å². The fourth-order valence-corrected chi connectivity index (χ4v) is 9.30. The van der Waals surface area contributed by atoms with Gasteiger partial charge in [-0.1, -0.05) is 295 Å². The lowest BCUT2D eigenvalue weighted by Gasteiger charge is -2.18. The third-order valence-electron chi connectivity index (χ3n) is 14.0. The van der Waals surface area contributed by atoms with Crippen molar-refractivity contribution in [3.63, 3.8) is 0 Å². The maximum Gasteiger partial charge on any atom is 0.306 e. The lowest BCUT2D eigenvalue weighted by molar-refractivity contribution is -0.167. The highest BCUT2D eigenvalue weighted by Gasteiger charge is 2.19. The third-order valence-corrected chi connectivity index (χ3v) is 14.0. The molecule has 6 nitrogen and oxygen atoms in total. The molecule has 6 heteroatoms. The van der Waals surface area contributed by atoms with E-state index < -0.39 is 6.10 Å². The first kappa shape index (κ1) is 66.9. The Morgan fingerprint density at radius 1 is 0.290 bits per heavy atom. The number of rotatable bonds is 57. The van der Waals surface area contributed by atoms with E-state index in [-0.39, 0.29) is 31.1 Å². The van der Waals surface area contributed by atoms with E-state index in [1.54, 1.807) is 0 Å². The van der Waals surface area contributed by atoms with Crippen LogP contribution in [-0.4, -0.2) is 37.2 Å². The van der Waals surface area contributed by atoms with E-state index in [9.17, 15) is 14.4 Å². The lowest BCUT2D eigenvalue weighted by atomic mass is 10.0. The number of ether oxygens (including phenoxy) is 3. The molecular formula is C63H118O6. The molecule has 0 aliphatic heterocycles. The molecule has 0 amide bonds. The van der Waals surface area contributed by atoms with Crippen LogP contribution in [0.15, 0.2) is 24.3 Å². The zero-order valence-electron chi connectivity index (χ0n) is 46.6. The molecule has 0 heterocycles. The molecule has 0 aromatic heterocycles. The van der Waals surface area contributed by atoms with Crippen molar-refractivity contribution in [1.29, 1.82) is 0 Å². The highest BCUT2D eigenvalue weighted by atomic mass is 16.6. The Morgan fingerprint density at radius 2 is 0.522 bits per heavy atom. The fraction of sp³-hybridized carbons (Fsp3) is 0.889. The Hall–Kier alpha value is -2.11. The largest absolute Gasteiger partial charge is 0.462 e. The summed E-state index contributed by atoms with van der Waals surface area (Å²) in [5, 5.41) is 0. The van der Waals surface area contributed by atoms with Gasteiger partial charge in [-0.15, -0.1) is 0 Å². The van der Waals surface area contributed by atoms with Crippen LogP contribution in [0.25, 0.3) is 0 Å². The van der Waals surface area contributed by atoms with Gasteiger partial charge in [0.25, 0.3) is 0 Å². The first-order valence-electron chi connectivity index (χ1n) is 30.8. The minimum absolute atomic E-state index is 0.0649. The summed E-state index contributed by atoms with van der Waals surface area (Å²) in [5.74, 6) is -0.842. The van der Waals surface area contributed by atoms with Gasteiger partial charge in [-0.3, -0.25) is 14.4 Å². The van der Waals surface area contributed by atoms with Crippen LogP contribution in [0.2, 0.25) is 0 Å². The predicted octanol–water partition coefficient (Wildman–Crippen LogP) is 20.7. The minimum atomic E-state index is -0.765. The maximum atomic E-state index is 12.8. The number of hydrogen-bond acceptors (Lipinski definition) is 6. The van der Waals surface area contributed by atoms with Crippen molar-refractivity contribution < 1.29 is 28.6 Å². The van der Waals surface area contributed by atoms with Gasteiger partial charge in [0.15, 0.2) is 6.10 Å². The Labute approximate surface area is 430 Å². The van der Waals surface area contributed by atoms with Crippen LogP contribution in [0.4, 0.5) is 0 Å². The Bertz CT molecular complexity index is 1110. The molecule has 1 atom stereocenters. The number of allylic oxidation sites excluding steroid dienone is 4. The first-order valence-corrected chi connectivity index (χ1v) is 30.8. The average molecular weight is 972 g/mol. The minimum Gasteiger partial charge on any atom is -0.462 e. The number of carbonyl (C=O) groups excluding carboxylic acids is 3. The first-order chi connectivity index (χ1) is 34.0. The summed E-state index contributed by atoms with van der Waals surface area (Å²) in [6.45, 7) is 6.68. The van der Waals surface area contributed by atoms with Crippen molar-refractivity contribution in [2.75, 3.05) is 13.2 Å². The molecule has 406 valence electrons. The van der Waals surface area contributed by atoms with E-state index in [4.69, 9.17) is 14.2 Å². The van der Waals surface area contributed by atoms with Gasteiger partial charge in [0, 0.05) is 19.3 Å². The molecule has 0 aliphatic rings. The van der Waals surface area contributed by atoms with Crippen LogP contribution in [0.1, 0.15) is 342 Å². The smallest absolute Gasteiger partial charge is 0.306 e. The van der Waals surface area contributed by atoms with Crippen LogP contribution < -0.4 is 0 Å². The standard InChI is InChI=1S/C63H118O6/c1-4-7-10-13-16-19-22-25-26-27-28-29-30-31-32-33-34-35-36-39-41-44-47-50-53-56-62(65)68-59-60(69-63(66)57-54-51-48-45-42-38-24-21-18-15-12-9-6-3)58-67-61(64)55-52-49-46-43-40-37-23-20-17-14-11-8-5-2/h22,25,27-28,60H,4-21,23-24,26,29-59H2,1-3H3/b25-22-,28-27-. The van der Waals surface area contributed by atoms with Crippen LogP contribution in [0.5, 0.6) is 0 Å². The quantitative estimate of drug-likeness (QED) is 0.0261. The van der Waals surface area contributed by atoms with E-state index >= 15 is 0 Å². The molecule has 0 spiro atoms. The molecule has 0 aromatic carbocycles. The molecule has 0 bridgehead atoms. The maximum absolute atomic E-state index is 12.8. The molecular weight excluding hydrogens is 853 g/mol. The Morgan fingerprint density at radius 3 is 0.797 bits per heavy atom. The fourth-order valence-electron chi connectivity index (χ4n) is 9.30. The molecule has 0 aliphatic carbocycles. The van der Waals surface area contributed by atoms with E-state index in [2.05, 4.69) is 45.1 Å². The zero-order valence-corrected chi connectivity index (χ0v) is 46.6. The molecule has 0 radical (unpaired) electrons. The van der Waals surface area contributed by atoms with Gasteiger partial charge >= 0.3 is 17.9 Å². The van der Waals surface area contributed by atoms with Gasteiger partial charge in [0.1, 0.15) is 13.2 Å². The van der Waals surface area contributed by atoms with Crippen LogP contribution >= 0.6 is 0 Å². The molecule has 69 heavy (non-hydrogen) atoms. The zero-order chi connectivity index (χ0) is 50.0. The highest BCUT2D eigenvalue weighted by molar-refractivity contribution is 5.71. The van der Waals surface area contributed by atoms with Crippen LogP contribution in [0.3, 0.4) is 0 Å². The van der Waals surface area contributed by atoms with Crippen LogP contribution in [0, 0.1) is 0 Å². The van der Waals surface area contributed by atoms with Gasteiger partial charge in [0.05, 0.1) is 0 Å². The molecule has 0 aromatic rings. The topological polar surface area (TPSA) is 78.9 Å². The molecule has 0 N–H and O–H groups in total. The summed E-state index contributed by atoms with van der Waals surface area (Å²) >= 11 is 0. The van der Waals surface area contributed by atoms with Crippen molar-refractivity contribution in [3.05, 3.63) is 24.3 Å². The lowest BCUT2D eigenvalue weighted by Crippen LogP contribution is -2.30. The monoisotopic (exact) mass is 971 g/mol.